The number of aromatic nitrogens is 1. The number of hydrogen-bond acceptors (Lipinski definition) is 8. The van der Waals surface area contributed by atoms with Gasteiger partial charge in [0.25, 0.3) is 6.01 Å². The van der Waals surface area contributed by atoms with Crippen LogP contribution in [-0.4, -0.2) is 53.5 Å². The first-order valence-corrected chi connectivity index (χ1v) is 11.3. The molecule has 2 N–H and O–H groups in total. The molecular formula is C24H28FN3O6. The summed E-state index contributed by atoms with van der Waals surface area (Å²) in [6.07, 6.45) is 0.380. The van der Waals surface area contributed by atoms with Crippen LogP contribution >= 0.6 is 0 Å². The van der Waals surface area contributed by atoms with Gasteiger partial charge in [-0.1, -0.05) is 0 Å². The van der Waals surface area contributed by atoms with Crippen LogP contribution in [0, 0.1) is 5.82 Å². The summed E-state index contributed by atoms with van der Waals surface area (Å²) in [5.74, 6) is 0.157. The third kappa shape index (κ3) is 5.69. The van der Waals surface area contributed by atoms with Crippen LogP contribution in [0.15, 0.2) is 34.7 Å². The Hall–Kier alpha value is -3.53. The highest BCUT2D eigenvalue weighted by Crippen LogP contribution is 2.30. The van der Waals surface area contributed by atoms with Crippen LogP contribution in [0.25, 0.3) is 11.1 Å². The van der Waals surface area contributed by atoms with Gasteiger partial charge in [-0.15, -0.1) is 0 Å². The van der Waals surface area contributed by atoms with Crippen LogP contribution in [-0.2, 0) is 6.54 Å². The standard InChI is InChI=1S/C24H28FN3O6/c1-3-31-20-11-15(12-21(22(20)25)32-4-2)14-28-9-7-16(8-10-28)26-23-27-18-13-17(33-24(29)30)5-6-19(18)34-23/h5-6,11-13,16H,3-4,7-10,14H2,1-2H3,(H,26,27)(H,29,30). The Morgan fingerprint density at radius 2 is 1.85 bits per heavy atom. The molecule has 0 radical (unpaired) electrons. The topological polar surface area (TPSA) is 106 Å². The SMILES string of the molecule is CCOc1cc(CN2CCC(Nc3nc4cc(OC(=O)O)ccc4o3)CC2)cc(OCC)c1F. The number of halogens is 1. The Labute approximate surface area is 196 Å². The minimum atomic E-state index is -1.38. The average Bonchev–Trinajstić information content (AvgIpc) is 3.19. The molecule has 0 atom stereocenters. The second-order valence-electron chi connectivity index (χ2n) is 7.98. The van der Waals surface area contributed by atoms with E-state index in [1.807, 2.05) is 13.8 Å². The number of nitrogens with one attached hydrogen (secondary N) is 1. The lowest BCUT2D eigenvalue weighted by molar-refractivity contribution is 0.144. The highest BCUT2D eigenvalue weighted by molar-refractivity contribution is 5.77. The van der Waals surface area contributed by atoms with Gasteiger partial charge in [0.05, 0.1) is 13.2 Å². The molecule has 1 saturated heterocycles. The van der Waals surface area contributed by atoms with Crippen molar-refractivity contribution in [1.82, 2.24) is 9.88 Å². The quantitative estimate of drug-likeness (QED) is 0.332. The molecule has 4 rings (SSSR count). The fraction of sp³-hybridized carbons (Fsp3) is 0.417. The van der Waals surface area contributed by atoms with E-state index in [4.69, 9.17) is 19.0 Å². The Kier molecular flexibility index (Phi) is 7.36. The number of anilines is 1. The first-order chi connectivity index (χ1) is 16.4. The Morgan fingerprint density at radius 3 is 2.47 bits per heavy atom. The van der Waals surface area contributed by atoms with Crippen LogP contribution in [0.1, 0.15) is 32.3 Å². The molecule has 9 nitrogen and oxygen atoms in total. The van der Waals surface area contributed by atoms with Crippen molar-refractivity contribution in [3.63, 3.8) is 0 Å². The molecule has 2 aromatic carbocycles. The van der Waals surface area contributed by atoms with E-state index in [-0.39, 0.29) is 23.3 Å². The van der Waals surface area contributed by atoms with Crippen molar-refractivity contribution in [3.8, 4) is 17.2 Å². The van der Waals surface area contributed by atoms with Gasteiger partial charge < -0.3 is 29.1 Å². The van der Waals surface area contributed by atoms with Gasteiger partial charge in [0.1, 0.15) is 11.3 Å². The molecule has 0 saturated carbocycles. The van der Waals surface area contributed by atoms with E-state index in [0.717, 1.165) is 31.5 Å². The number of oxazole rings is 1. The van der Waals surface area contributed by atoms with E-state index >= 15 is 0 Å². The molecule has 2 heterocycles. The van der Waals surface area contributed by atoms with Crippen LogP contribution < -0.4 is 19.5 Å². The largest absolute Gasteiger partial charge is 0.511 e. The Bertz CT molecular complexity index is 1120. The van der Waals surface area contributed by atoms with Crippen LogP contribution in [0.4, 0.5) is 15.2 Å². The van der Waals surface area contributed by atoms with Crippen molar-refractivity contribution in [3.05, 3.63) is 41.7 Å². The zero-order valence-electron chi connectivity index (χ0n) is 19.2. The zero-order valence-corrected chi connectivity index (χ0v) is 19.2. The van der Waals surface area contributed by atoms with Gasteiger partial charge in [0, 0.05) is 31.7 Å². The van der Waals surface area contributed by atoms with Crippen molar-refractivity contribution >= 4 is 23.3 Å². The van der Waals surface area contributed by atoms with E-state index in [2.05, 4.69) is 19.9 Å². The van der Waals surface area contributed by atoms with Gasteiger partial charge in [-0.25, -0.2) is 4.79 Å². The van der Waals surface area contributed by atoms with Crippen molar-refractivity contribution in [2.24, 2.45) is 0 Å². The number of likely N-dealkylation sites (tertiary alicyclic amines) is 1. The Balaban J connectivity index is 1.35. The van der Waals surface area contributed by atoms with Gasteiger partial charge in [-0.05, 0) is 56.5 Å². The van der Waals surface area contributed by atoms with E-state index in [1.165, 1.54) is 12.1 Å². The molecule has 0 spiro atoms. The summed E-state index contributed by atoms with van der Waals surface area (Å²) in [6, 6.07) is 8.74. The molecule has 182 valence electrons. The maximum absolute atomic E-state index is 14.5. The second kappa shape index (κ2) is 10.6. The smallest absolute Gasteiger partial charge is 0.491 e. The molecule has 0 bridgehead atoms. The molecule has 1 aliphatic rings. The third-order valence-corrected chi connectivity index (χ3v) is 5.55. The van der Waals surface area contributed by atoms with Crippen molar-refractivity contribution in [2.45, 2.75) is 39.3 Å². The molecule has 0 unspecified atom stereocenters. The van der Waals surface area contributed by atoms with E-state index in [1.54, 1.807) is 18.2 Å². The molecular weight excluding hydrogens is 445 g/mol. The molecule has 1 aliphatic heterocycles. The average molecular weight is 474 g/mol. The van der Waals surface area contributed by atoms with Gasteiger partial charge in [-0.3, -0.25) is 4.90 Å². The minimum Gasteiger partial charge on any atom is -0.491 e. The summed E-state index contributed by atoms with van der Waals surface area (Å²) in [7, 11) is 0. The lowest BCUT2D eigenvalue weighted by Gasteiger charge is -2.32. The number of rotatable bonds is 9. The highest BCUT2D eigenvalue weighted by Gasteiger charge is 2.22. The summed E-state index contributed by atoms with van der Waals surface area (Å²) >= 11 is 0. The van der Waals surface area contributed by atoms with Gasteiger partial charge in [0.2, 0.25) is 5.82 Å². The number of carbonyl (C=O) groups is 1. The fourth-order valence-electron chi connectivity index (χ4n) is 4.04. The van der Waals surface area contributed by atoms with Gasteiger partial charge in [0.15, 0.2) is 17.1 Å². The molecule has 3 aromatic rings. The minimum absolute atomic E-state index is 0.185. The molecule has 10 heteroatoms. The number of hydrogen-bond donors (Lipinski definition) is 2. The third-order valence-electron chi connectivity index (χ3n) is 5.55. The predicted molar refractivity (Wildman–Crippen MR) is 123 cm³/mol. The second-order valence-corrected chi connectivity index (χ2v) is 7.98. The van der Waals surface area contributed by atoms with Crippen molar-refractivity contribution < 1.29 is 32.9 Å². The maximum atomic E-state index is 14.5. The first-order valence-electron chi connectivity index (χ1n) is 11.3. The predicted octanol–water partition coefficient (Wildman–Crippen LogP) is 4.90. The molecule has 1 aromatic heterocycles. The van der Waals surface area contributed by atoms with Crippen LogP contribution in [0.3, 0.4) is 0 Å². The lowest BCUT2D eigenvalue weighted by Crippen LogP contribution is -2.38. The number of fused-ring (bicyclic) bond motifs is 1. The van der Waals surface area contributed by atoms with Crippen LogP contribution in [0.2, 0.25) is 0 Å². The van der Waals surface area contributed by atoms with E-state index in [0.29, 0.717) is 36.9 Å². The zero-order chi connectivity index (χ0) is 24.1. The van der Waals surface area contributed by atoms with Crippen LogP contribution in [0.5, 0.6) is 17.2 Å². The summed E-state index contributed by atoms with van der Waals surface area (Å²) in [5, 5.41) is 12.1. The number of carboxylic acid groups (broad SMARTS) is 1. The maximum Gasteiger partial charge on any atom is 0.511 e. The normalized spacial score (nSPS) is 14.8. The summed E-state index contributed by atoms with van der Waals surface area (Å²) in [6.45, 7) is 6.77. The van der Waals surface area contributed by atoms with Crippen molar-refractivity contribution in [2.75, 3.05) is 31.6 Å². The highest BCUT2D eigenvalue weighted by atomic mass is 19.1. The monoisotopic (exact) mass is 473 g/mol. The van der Waals surface area contributed by atoms with Gasteiger partial charge >= 0.3 is 6.16 Å². The fourth-order valence-corrected chi connectivity index (χ4v) is 4.04. The first kappa shape index (κ1) is 23.6. The summed E-state index contributed by atoms with van der Waals surface area (Å²) < 4.78 is 35.8. The van der Waals surface area contributed by atoms with E-state index < -0.39 is 12.0 Å². The Morgan fingerprint density at radius 1 is 1.18 bits per heavy atom. The number of ether oxygens (including phenoxy) is 3. The summed E-state index contributed by atoms with van der Waals surface area (Å²) in [5.41, 5.74) is 2.01. The summed E-state index contributed by atoms with van der Waals surface area (Å²) in [4.78, 5) is 17.4. The van der Waals surface area contributed by atoms with E-state index in [9.17, 15) is 9.18 Å². The molecule has 0 amide bonds. The molecule has 1 fully saturated rings. The number of nitrogens with zero attached hydrogens (tertiary/aromatic N) is 2. The molecule has 34 heavy (non-hydrogen) atoms. The molecule has 0 aliphatic carbocycles. The number of piperidine rings is 1. The van der Waals surface area contributed by atoms with Gasteiger partial charge in [-0.2, -0.15) is 9.37 Å². The number of benzene rings is 2. The van der Waals surface area contributed by atoms with Crippen molar-refractivity contribution in [1.29, 1.82) is 0 Å². The lowest BCUT2D eigenvalue weighted by atomic mass is 10.0.